The van der Waals surface area contributed by atoms with Crippen molar-refractivity contribution in [2.45, 2.75) is 39.0 Å². The number of pyridine rings is 1. The summed E-state index contributed by atoms with van der Waals surface area (Å²) in [6.45, 7) is 8.87. The second-order valence-corrected chi connectivity index (χ2v) is 5.49. The van der Waals surface area contributed by atoms with E-state index in [0.717, 1.165) is 18.9 Å². The van der Waals surface area contributed by atoms with Gasteiger partial charge in [-0.2, -0.15) is 0 Å². The lowest BCUT2D eigenvalue weighted by molar-refractivity contribution is 0.408. The van der Waals surface area contributed by atoms with Crippen LogP contribution in [0, 0.1) is 0 Å². The number of hydrogen-bond acceptors (Lipinski definition) is 3. The van der Waals surface area contributed by atoms with Gasteiger partial charge in [0.2, 0.25) is 0 Å². The molecule has 0 radical (unpaired) electrons. The highest BCUT2D eigenvalue weighted by Crippen LogP contribution is 2.22. The minimum absolute atomic E-state index is 0.180. The maximum atomic E-state index is 4.46. The number of hydrogen-bond donors (Lipinski definition) is 1. The SMILES string of the molecule is CC(C)(C)c1ccc(NN2CCCC2)nc1. The van der Waals surface area contributed by atoms with Gasteiger partial charge in [0.15, 0.2) is 0 Å². The van der Waals surface area contributed by atoms with E-state index < -0.39 is 0 Å². The molecule has 0 saturated carbocycles. The smallest absolute Gasteiger partial charge is 0.140 e. The zero-order valence-electron chi connectivity index (χ0n) is 10.5. The molecule has 0 aromatic carbocycles. The summed E-state index contributed by atoms with van der Waals surface area (Å²) in [7, 11) is 0. The Morgan fingerprint density at radius 3 is 2.38 bits per heavy atom. The molecule has 0 amide bonds. The molecule has 0 aliphatic carbocycles. The van der Waals surface area contributed by atoms with Crippen LogP contribution in [0.3, 0.4) is 0 Å². The first-order chi connectivity index (χ1) is 7.55. The van der Waals surface area contributed by atoms with Crippen molar-refractivity contribution in [3.05, 3.63) is 23.9 Å². The molecule has 1 saturated heterocycles. The average molecular weight is 219 g/mol. The Balaban J connectivity index is 2.01. The monoisotopic (exact) mass is 219 g/mol. The van der Waals surface area contributed by atoms with Gasteiger partial charge >= 0.3 is 0 Å². The van der Waals surface area contributed by atoms with E-state index in [0.29, 0.717) is 0 Å². The molecule has 1 aromatic rings. The standard InChI is InChI=1S/C13H21N3/c1-13(2,3)11-6-7-12(14-10-11)15-16-8-4-5-9-16/h6-7,10H,4-5,8-9H2,1-3H3,(H,14,15). The van der Waals surface area contributed by atoms with Crippen LogP contribution in [0.5, 0.6) is 0 Å². The van der Waals surface area contributed by atoms with Crippen LogP contribution in [-0.4, -0.2) is 23.1 Å². The van der Waals surface area contributed by atoms with Crippen LogP contribution >= 0.6 is 0 Å². The maximum absolute atomic E-state index is 4.46. The number of rotatable bonds is 2. The highest BCUT2D eigenvalue weighted by molar-refractivity contribution is 5.36. The second-order valence-electron chi connectivity index (χ2n) is 5.49. The van der Waals surface area contributed by atoms with Gasteiger partial charge in [0.25, 0.3) is 0 Å². The van der Waals surface area contributed by atoms with E-state index in [2.05, 4.69) is 48.3 Å². The van der Waals surface area contributed by atoms with Crippen molar-refractivity contribution in [2.75, 3.05) is 18.5 Å². The van der Waals surface area contributed by atoms with Gasteiger partial charge in [-0.3, -0.25) is 0 Å². The number of anilines is 1. The van der Waals surface area contributed by atoms with Crippen molar-refractivity contribution >= 4 is 5.82 Å². The van der Waals surface area contributed by atoms with Crippen LogP contribution in [0.4, 0.5) is 5.82 Å². The normalized spacial score (nSPS) is 17.7. The minimum Gasteiger partial charge on any atom is -0.303 e. The second kappa shape index (κ2) is 4.42. The van der Waals surface area contributed by atoms with Crippen LogP contribution in [0.1, 0.15) is 39.2 Å². The molecule has 3 heteroatoms. The van der Waals surface area contributed by atoms with Crippen molar-refractivity contribution in [2.24, 2.45) is 0 Å². The van der Waals surface area contributed by atoms with Gasteiger partial charge in [-0.1, -0.05) is 26.8 Å². The van der Waals surface area contributed by atoms with Gasteiger partial charge in [0, 0.05) is 19.3 Å². The van der Waals surface area contributed by atoms with Gasteiger partial charge in [0.05, 0.1) is 0 Å². The first-order valence-electron chi connectivity index (χ1n) is 6.04. The summed E-state index contributed by atoms with van der Waals surface area (Å²) in [6, 6.07) is 4.23. The Hall–Kier alpha value is -1.09. The van der Waals surface area contributed by atoms with Gasteiger partial charge < -0.3 is 5.43 Å². The highest BCUT2D eigenvalue weighted by Gasteiger charge is 2.15. The summed E-state index contributed by atoms with van der Waals surface area (Å²) >= 11 is 0. The predicted molar refractivity (Wildman–Crippen MR) is 67.4 cm³/mol. The quantitative estimate of drug-likeness (QED) is 0.829. The van der Waals surface area contributed by atoms with E-state index in [1.54, 1.807) is 0 Å². The van der Waals surface area contributed by atoms with E-state index in [1.807, 2.05) is 6.20 Å². The molecule has 16 heavy (non-hydrogen) atoms. The molecule has 1 aromatic heterocycles. The number of nitrogens with one attached hydrogen (secondary N) is 1. The Morgan fingerprint density at radius 1 is 1.19 bits per heavy atom. The van der Waals surface area contributed by atoms with Gasteiger partial charge in [-0.25, -0.2) is 9.99 Å². The van der Waals surface area contributed by atoms with Gasteiger partial charge in [-0.15, -0.1) is 0 Å². The van der Waals surface area contributed by atoms with E-state index >= 15 is 0 Å². The van der Waals surface area contributed by atoms with Crippen molar-refractivity contribution in [1.82, 2.24) is 9.99 Å². The summed E-state index contributed by atoms with van der Waals surface area (Å²) < 4.78 is 0. The Kier molecular flexibility index (Phi) is 3.15. The molecule has 1 aliphatic heterocycles. The molecule has 2 rings (SSSR count). The molecular weight excluding hydrogens is 198 g/mol. The fourth-order valence-electron chi connectivity index (χ4n) is 1.89. The molecule has 2 heterocycles. The third-order valence-electron chi connectivity index (χ3n) is 3.01. The van der Waals surface area contributed by atoms with E-state index in [1.165, 1.54) is 18.4 Å². The van der Waals surface area contributed by atoms with Crippen LogP contribution < -0.4 is 5.43 Å². The van der Waals surface area contributed by atoms with Crippen molar-refractivity contribution in [1.29, 1.82) is 0 Å². The summed E-state index contributed by atoms with van der Waals surface area (Å²) in [6.07, 6.45) is 4.54. The van der Waals surface area contributed by atoms with Crippen LogP contribution in [0.2, 0.25) is 0 Å². The van der Waals surface area contributed by atoms with E-state index in [4.69, 9.17) is 0 Å². The Labute approximate surface area is 97.8 Å². The van der Waals surface area contributed by atoms with Crippen LogP contribution in [0.15, 0.2) is 18.3 Å². The summed E-state index contributed by atoms with van der Waals surface area (Å²) in [5.74, 6) is 0.954. The van der Waals surface area contributed by atoms with E-state index in [9.17, 15) is 0 Å². The summed E-state index contributed by atoms with van der Waals surface area (Å²) in [5, 5.41) is 2.24. The minimum atomic E-state index is 0.180. The number of hydrazine groups is 1. The lowest BCUT2D eigenvalue weighted by Gasteiger charge is -2.20. The maximum Gasteiger partial charge on any atom is 0.140 e. The summed E-state index contributed by atoms with van der Waals surface area (Å²) in [4.78, 5) is 4.46. The van der Waals surface area contributed by atoms with Crippen molar-refractivity contribution < 1.29 is 0 Å². The Morgan fingerprint density at radius 2 is 1.88 bits per heavy atom. The summed E-state index contributed by atoms with van der Waals surface area (Å²) in [5.41, 5.74) is 4.80. The average Bonchev–Trinajstić information content (AvgIpc) is 2.70. The fraction of sp³-hybridized carbons (Fsp3) is 0.615. The van der Waals surface area contributed by atoms with Gasteiger partial charge in [-0.05, 0) is 29.9 Å². The third kappa shape index (κ3) is 2.73. The van der Waals surface area contributed by atoms with Gasteiger partial charge in [0.1, 0.15) is 5.82 Å². The van der Waals surface area contributed by atoms with Crippen LogP contribution in [-0.2, 0) is 5.41 Å². The Bertz CT molecular complexity index is 331. The zero-order chi connectivity index (χ0) is 11.6. The first kappa shape index (κ1) is 11.4. The molecule has 1 N–H and O–H groups in total. The number of aromatic nitrogens is 1. The zero-order valence-corrected chi connectivity index (χ0v) is 10.5. The molecule has 88 valence electrons. The van der Waals surface area contributed by atoms with E-state index in [-0.39, 0.29) is 5.41 Å². The highest BCUT2D eigenvalue weighted by atomic mass is 15.5. The number of nitrogens with zero attached hydrogens (tertiary/aromatic N) is 2. The first-order valence-corrected chi connectivity index (χ1v) is 6.04. The predicted octanol–water partition coefficient (Wildman–Crippen LogP) is 2.80. The molecule has 0 unspecified atom stereocenters. The topological polar surface area (TPSA) is 28.2 Å². The van der Waals surface area contributed by atoms with Crippen molar-refractivity contribution in [3.8, 4) is 0 Å². The molecule has 0 spiro atoms. The van der Waals surface area contributed by atoms with Crippen molar-refractivity contribution in [3.63, 3.8) is 0 Å². The molecule has 0 bridgehead atoms. The van der Waals surface area contributed by atoms with Crippen LogP contribution in [0.25, 0.3) is 0 Å². The lowest BCUT2D eigenvalue weighted by Crippen LogP contribution is -2.26. The largest absolute Gasteiger partial charge is 0.303 e. The molecular formula is C13H21N3. The third-order valence-corrected chi connectivity index (χ3v) is 3.01. The molecule has 1 fully saturated rings. The molecule has 1 aliphatic rings. The molecule has 3 nitrogen and oxygen atoms in total. The molecule has 0 atom stereocenters. The lowest BCUT2D eigenvalue weighted by atomic mass is 9.88. The fourth-order valence-corrected chi connectivity index (χ4v) is 1.89.